The predicted molar refractivity (Wildman–Crippen MR) is 129 cm³/mol. The first-order valence-electron chi connectivity index (χ1n) is 10.3. The fourth-order valence-corrected chi connectivity index (χ4v) is 4.81. The highest BCUT2D eigenvalue weighted by atomic mass is 35.5. The predicted octanol–water partition coefficient (Wildman–Crippen LogP) is 4.28. The summed E-state index contributed by atoms with van der Waals surface area (Å²) in [5.41, 5.74) is 1.31. The average Bonchev–Trinajstić information content (AvgIpc) is 2.80. The number of sulfonamides is 1. The van der Waals surface area contributed by atoms with Gasteiger partial charge in [-0.25, -0.2) is 8.42 Å². The Kier molecular flexibility index (Phi) is 8.32. The van der Waals surface area contributed by atoms with E-state index in [1.165, 1.54) is 25.3 Å². The van der Waals surface area contributed by atoms with Gasteiger partial charge in [0.1, 0.15) is 22.4 Å². The van der Waals surface area contributed by atoms with Crippen LogP contribution in [0.15, 0.2) is 77.7 Å². The second-order valence-corrected chi connectivity index (χ2v) is 9.22. The standard InChI is InChI=1S/C24H25ClN2O5S/c1-3-32-20-12-10-19(11-13-20)26-24(28)21(15-17-7-5-4-6-8-17)27-33(29,30)23-16-18(25)9-14-22(23)31-2/h4-14,16,21,27H,3,15H2,1-2H3,(H,26,28)/t21-/m1/s1. The quantitative estimate of drug-likeness (QED) is 0.444. The van der Waals surface area contributed by atoms with Gasteiger partial charge in [0.15, 0.2) is 0 Å². The van der Waals surface area contributed by atoms with E-state index in [1.807, 2.05) is 37.3 Å². The van der Waals surface area contributed by atoms with E-state index in [4.69, 9.17) is 21.1 Å². The maximum Gasteiger partial charge on any atom is 0.245 e. The zero-order valence-corrected chi connectivity index (χ0v) is 19.8. The van der Waals surface area contributed by atoms with Crippen LogP contribution in [0.5, 0.6) is 11.5 Å². The lowest BCUT2D eigenvalue weighted by Crippen LogP contribution is -2.45. The molecule has 3 aromatic rings. The highest BCUT2D eigenvalue weighted by molar-refractivity contribution is 7.89. The largest absolute Gasteiger partial charge is 0.495 e. The minimum absolute atomic E-state index is 0.122. The van der Waals surface area contributed by atoms with Crippen molar-refractivity contribution in [3.05, 3.63) is 83.4 Å². The molecule has 0 spiro atoms. The monoisotopic (exact) mass is 488 g/mol. The van der Waals surface area contributed by atoms with E-state index < -0.39 is 22.0 Å². The first kappa shape index (κ1) is 24.6. The van der Waals surface area contributed by atoms with Gasteiger partial charge in [0.05, 0.1) is 13.7 Å². The Balaban J connectivity index is 1.87. The molecule has 0 heterocycles. The smallest absolute Gasteiger partial charge is 0.245 e. The number of ether oxygens (including phenoxy) is 2. The van der Waals surface area contributed by atoms with Crippen LogP contribution in [-0.2, 0) is 21.2 Å². The zero-order chi connectivity index (χ0) is 23.8. The minimum atomic E-state index is -4.14. The number of hydrogen-bond donors (Lipinski definition) is 2. The highest BCUT2D eigenvalue weighted by Crippen LogP contribution is 2.27. The number of amides is 1. The van der Waals surface area contributed by atoms with Crippen molar-refractivity contribution in [1.29, 1.82) is 0 Å². The maximum atomic E-state index is 13.2. The fraction of sp³-hybridized carbons (Fsp3) is 0.208. The summed E-state index contributed by atoms with van der Waals surface area (Å²) in [6, 6.07) is 19.2. The van der Waals surface area contributed by atoms with Gasteiger partial charge in [-0.2, -0.15) is 4.72 Å². The van der Waals surface area contributed by atoms with Gasteiger partial charge < -0.3 is 14.8 Å². The molecule has 0 aliphatic heterocycles. The van der Waals surface area contributed by atoms with Crippen molar-refractivity contribution in [2.24, 2.45) is 0 Å². The molecule has 1 amide bonds. The molecule has 1 atom stereocenters. The third-order valence-corrected chi connectivity index (χ3v) is 6.47. The molecule has 3 aromatic carbocycles. The molecule has 2 N–H and O–H groups in total. The van der Waals surface area contributed by atoms with Crippen LogP contribution in [0.25, 0.3) is 0 Å². The molecule has 9 heteroatoms. The van der Waals surface area contributed by atoms with Gasteiger partial charge in [0.2, 0.25) is 15.9 Å². The molecule has 0 unspecified atom stereocenters. The number of methoxy groups -OCH3 is 1. The van der Waals surface area contributed by atoms with Crippen LogP contribution in [0.2, 0.25) is 5.02 Å². The maximum absolute atomic E-state index is 13.2. The van der Waals surface area contributed by atoms with Gasteiger partial charge in [0.25, 0.3) is 0 Å². The number of nitrogens with one attached hydrogen (secondary N) is 2. The number of halogens is 1. The van der Waals surface area contributed by atoms with Crippen molar-refractivity contribution < 1.29 is 22.7 Å². The van der Waals surface area contributed by atoms with Crippen LogP contribution in [0.1, 0.15) is 12.5 Å². The van der Waals surface area contributed by atoms with Crippen molar-refractivity contribution >= 4 is 33.2 Å². The highest BCUT2D eigenvalue weighted by Gasteiger charge is 2.28. The number of anilines is 1. The van der Waals surface area contributed by atoms with E-state index in [0.717, 1.165) is 5.56 Å². The Morgan fingerprint density at radius 3 is 2.36 bits per heavy atom. The molecule has 7 nitrogen and oxygen atoms in total. The third kappa shape index (κ3) is 6.71. The second-order valence-electron chi connectivity index (χ2n) is 7.11. The van der Waals surface area contributed by atoms with Crippen LogP contribution in [0.4, 0.5) is 5.69 Å². The first-order chi connectivity index (χ1) is 15.8. The lowest BCUT2D eigenvalue weighted by Gasteiger charge is -2.20. The zero-order valence-electron chi connectivity index (χ0n) is 18.2. The van der Waals surface area contributed by atoms with Crippen molar-refractivity contribution in [3.8, 4) is 11.5 Å². The van der Waals surface area contributed by atoms with E-state index in [-0.39, 0.29) is 22.1 Å². The first-order valence-corrected chi connectivity index (χ1v) is 12.1. The van der Waals surface area contributed by atoms with E-state index in [2.05, 4.69) is 10.0 Å². The summed E-state index contributed by atoms with van der Waals surface area (Å²) in [5.74, 6) is 0.287. The Labute approximate surface area is 198 Å². The fourth-order valence-electron chi connectivity index (χ4n) is 3.18. The Bertz CT molecular complexity index is 1190. The third-order valence-electron chi connectivity index (χ3n) is 4.74. The number of hydrogen-bond acceptors (Lipinski definition) is 5. The van der Waals surface area contributed by atoms with Crippen molar-refractivity contribution in [2.45, 2.75) is 24.3 Å². The molecule has 0 aliphatic carbocycles. The van der Waals surface area contributed by atoms with Crippen molar-refractivity contribution in [3.63, 3.8) is 0 Å². The van der Waals surface area contributed by atoms with Gasteiger partial charge in [-0.3, -0.25) is 4.79 Å². The SMILES string of the molecule is CCOc1ccc(NC(=O)[C@@H](Cc2ccccc2)NS(=O)(=O)c2cc(Cl)ccc2OC)cc1. The summed E-state index contributed by atoms with van der Waals surface area (Å²) in [7, 11) is -2.77. The summed E-state index contributed by atoms with van der Waals surface area (Å²) >= 11 is 6.01. The van der Waals surface area contributed by atoms with Crippen molar-refractivity contribution in [2.75, 3.05) is 19.0 Å². The Morgan fingerprint density at radius 2 is 1.73 bits per heavy atom. The van der Waals surface area contributed by atoms with E-state index in [0.29, 0.717) is 18.0 Å². The van der Waals surface area contributed by atoms with Crippen molar-refractivity contribution in [1.82, 2.24) is 4.72 Å². The van der Waals surface area contributed by atoms with Crippen LogP contribution in [0, 0.1) is 0 Å². The summed E-state index contributed by atoms with van der Waals surface area (Å²) in [5, 5.41) is 3.00. The molecule has 174 valence electrons. The summed E-state index contributed by atoms with van der Waals surface area (Å²) in [6.45, 7) is 2.41. The molecule has 0 saturated heterocycles. The molecular formula is C24H25ClN2O5S. The van der Waals surface area contributed by atoms with Gasteiger partial charge in [-0.1, -0.05) is 41.9 Å². The van der Waals surface area contributed by atoms with Gasteiger partial charge >= 0.3 is 0 Å². The van der Waals surface area contributed by atoms with Gasteiger partial charge in [0, 0.05) is 10.7 Å². The number of carbonyl (C=O) groups excluding carboxylic acids is 1. The molecule has 0 aromatic heterocycles. The van der Waals surface area contributed by atoms with E-state index in [1.54, 1.807) is 24.3 Å². The van der Waals surface area contributed by atoms with Crippen LogP contribution >= 0.6 is 11.6 Å². The molecule has 0 fully saturated rings. The number of carbonyl (C=O) groups is 1. The molecule has 0 radical (unpaired) electrons. The molecule has 0 saturated carbocycles. The Morgan fingerprint density at radius 1 is 1.03 bits per heavy atom. The average molecular weight is 489 g/mol. The topological polar surface area (TPSA) is 93.7 Å². The van der Waals surface area contributed by atoms with Crippen LogP contribution in [-0.4, -0.2) is 34.1 Å². The summed E-state index contributed by atoms with van der Waals surface area (Å²) in [4.78, 5) is 13.0. The Hall–Kier alpha value is -3.07. The molecular weight excluding hydrogens is 464 g/mol. The molecule has 33 heavy (non-hydrogen) atoms. The second kappa shape index (κ2) is 11.2. The number of benzene rings is 3. The van der Waals surface area contributed by atoms with E-state index in [9.17, 15) is 13.2 Å². The van der Waals surface area contributed by atoms with Gasteiger partial charge in [-0.05, 0) is 61.4 Å². The van der Waals surface area contributed by atoms with E-state index >= 15 is 0 Å². The molecule has 3 rings (SSSR count). The minimum Gasteiger partial charge on any atom is -0.495 e. The normalized spacial score (nSPS) is 12.1. The lowest BCUT2D eigenvalue weighted by molar-refractivity contribution is -0.117. The summed E-state index contributed by atoms with van der Waals surface area (Å²) in [6.07, 6.45) is 0.145. The lowest BCUT2D eigenvalue weighted by atomic mass is 10.1. The molecule has 0 aliphatic rings. The summed E-state index contributed by atoms with van der Waals surface area (Å²) < 4.78 is 39.5. The van der Waals surface area contributed by atoms with Gasteiger partial charge in [-0.15, -0.1) is 0 Å². The van der Waals surface area contributed by atoms with Crippen LogP contribution < -0.4 is 19.5 Å². The van der Waals surface area contributed by atoms with Crippen LogP contribution in [0.3, 0.4) is 0 Å². The number of rotatable bonds is 10. The molecule has 0 bridgehead atoms.